The minimum absolute atomic E-state index is 0.00933. The molecule has 4 nitrogen and oxygen atoms in total. The van der Waals surface area contributed by atoms with E-state index in [1.165, 1.54) is 5.57 Å². The lowest BCUT2D eigenvalue weighted by molar-refractivity contribution is -0.226. The van der Waals surface area contributed by atoms with Gasteiger partial charge in [-0.3, -0.25) is 4.79 Å². The highest BCUT2D eigenvalue weighted by Gasteiger charge is 2.71. The van der Waals surface area contributed by atoms with E-state index in [0.717, 1.165) is 44.9 Å². The van der Waals surface area contributed by atoms with Crippen LogP contribution in [0.1, 0.15) is 106 Å². The molecule has 0 aliphatic heterocycles. The van der Waals surface area contributed by atoms with Gasteiger partial charge < -0.3 is 15.3 Å². The first-order valence-electron chi connectivity index (χ1n) is 13.9. The summed E-state index contributed by atoms with van der Waals surface area (Å²) in [5, 5.41) is 33.3. The van der Waals surface area contributed by atoms with Gasteiger partial charge in [0.05, 0.1) is 17.6 Å². The van der Waals surface area contributed by atoms with Crippen molar-refractivity contribution in [1.82, 2.24) is 0 Å². The summed E-state index contributed by atoms with van der Waals surface area (Å²) in [5.41, 5.74) is 0.0923. The maximum atomic E-state index is 12.8. The van der Waals surface area contributed by atoms with Crippen molar-refractivity contribution in [3.63, 3.8) is 0 Å². The zero-order valence-corrected chi connectivity index (χ0v) is 22.6. The molecule has 0 bridgehead atoms. The Morgan fingerprint density at radius 2 is 1.53 bits per heavy atom. The van der Waals surface area contributed by atoms with Crippen LogP contribution in [-0.2, 0) is 4.79 Å². The van der Waals surface area contributed by atoms with Crippen LogP contribution in [0.2, 0.25) is 0 Å². The highest BCUT2D eigenvalue weighted by Crippen LogP contribution is 2.75. The van der Waals surface area contributed by atoms with Gasteiger partial charge in [-0.05, 0) is 97.2 Å². The Hall–Kier alpha value is -0.870. The van der Waals surface area contributed by atoms with E-state index >= 15 is 0 Å². The van der Waals surface area contributed by atoms with E-state index in [2.05, 4.69) is 54.5 Å². The van der Waals surface area contributed by atoms with Crippen molar-refractivity contribution in [1.29, 1.82) is 0 Å². The van der Waals surface area contributed by atoms with Crippen LogP contribution in [0, 0.1) is 50.2 Å². The van der Waals surface area contributed by atoms with Crippen LogP contribution < -0.4 is 0 Å². The van der Waals surface area contributed by atoms with Gasteiger partial charge >= 0.3 is 5.97 Å². The number of hydrogen-bond donors (Lipinski definition) is 3. The zero-order chi connectivity index (χ0) is 25.1. The third-order valence-corrected chi connectivity index (χ3v) is 13.1. The van der Waals surface area contributed by atoms with Gasteiger partial charge in [-0.1, -0.05) is 60.1 Å². The molecule has 0 aromatic carbocycles. The van der Waals surface area contributed by atoms with Crippen LogP contribution in [0.3, 0.4) is 0 Å². The van der Waals surface area contributed by atoms with Crippen molar-refractivity contribution >= 4 is 5.97 Å². The fourth-order valence-electron chi connectivity index (χ4n) is 10.7. The van der Waals surface area contributed by atoms with E-state index in [4.69, 9.17) is 0 Å². The first-order chi connectivity index (χ1) is 15.6. The molecule has 0 amide bonds. The van der Waals surface area contributed by atoms with Gasteiger partial charge in [0.1, 0.15) is 0 Å². The van der Waals surface area contributed by atoms with Gasteiger partial charge in [0.15, 0.2) is 0 Å². The first kappa shape index (κ1) is 24.8. The van der Waals surface area contributed by atoms with Crippen LogP contribution in [0.5, 0.6) is 0 Å². The molecule has 34 heavy (non-hydrogen) atoms. The fourth-order valence-corrected chi connectivity index (χ4v) is 10.7. The SMILES string of the molecule is CC1(C)CC[C@]2(C(=O)O)C[C@@H](O)[C@]3(C)C(=CC[C@@H]4[C@@]5(C)CC[C@H](O)C(C)(C)[C@@H]5CC[C@]43C)[C@@H]2C1. The van der Waals surface area contributed by atoms with E-state index in [9.17, 15) is 20.1 Å². The minimum atomic E-state index is -0.832. The van der Waals surface area contributed by atoms with Crippen LogP contribution in [0.4, 0.5) is 0 Å². The predicted octanol–water partition coefficient (Wildman–Crippen LogP) is 6.20. The Morgan fingerprint density at radius 1 is 0.853 bits per heavy atom. The molecule has 0 spiro atoms. The molecule has 0 saturated heterocycles. The molecule has 4 fully saturated rings. The summed E-state index contributed by atoms with van der Waals surface area (Å²) in [6, 6.07) is 0. The summed E-state index contributed by atoms with van der Waals surface area (Å²) >= 11 is 0. The number of rotatable bonds is 1. The van der Waals surface area contributed by atoms with E-state index in [1.807, 2.05) is 0 Å². The molecule has 5 aliphatic rings. The highest BCUT2D eigenvalue weighted by molar-refractivity contribution is 5.77. The highest BCUT2D eigenvalue weighted by atomic mass is 16.4. The third kappa shape index (κ3) is 2.82. The molecule has 4 heteroatoms. The Bertz CT molecular complexity index is 919. The molecule has 4 saturated carbocycles. The normalized spacial score (nSPS) is 53.4. The number of carboxylic acid groups (broad SMARTS) is 1. The maximum Gasteiger partial charge on any atom is 0.310 e. The Morgan fingerprint density at radius 3 is 2.18 bits per heavy atom. The van der Waals surface area contributed by atoms with Crippen molar-refractivity contribution < 1.29 is 20.1 Å². The molecule has 9 atom stereocenters. The Kier molecular flexibility index (Phi) is 5.20. The van der Waals surface area contributed by atoms with E-state index in [-0.39, 0.29) is 33.7 Å². The Labute approximate surface area is 206 Å². The topological polar surface area (TPSA) is 77.8 Å². The van der Waals surface area contributed by atoms with E-state index in [1.54, 1.807) is 0 Å². The van der Waals surface area contributed by atoms with Crippen molar-refractivity contribution in [2.24, 2.45) is 50.2 Å². The van der Waals surface area contributed by atoms with Crippen molar-refractivity contribution in [3.8, 4) is 0 Å². The minimum Gasteiger partial charge on any atom is -0.481 e. The number of fused-ring (bicyclic) bond motifs is 7. The lowest BCUT2D eigenvalue weighted by Crippen LogP contribution is -2.68. The number of allylic oxidation sites excluding steroid dienone is 1. The summed E-state index contributed by atoms with van der Waals surface area (Å²) in [6.07, 6.45) is 9.33. The molecule has 0 radical (unpaired) electrons. The smallest absolute Gasteiger partial charge is 0.310 e. The summed E-state index contributed by atoms with van der Waals surface area (Å²) in [6.45, 7) is 16.3. The van der Waals surface area contributed by atoms with E-state index in [0.29, 0.717) is 24.7 Å². The van der Waals surface area contributed by atoms with Crippen LogP contribution >= 0.6 is 0 Å². The monoisotopic (exact) mass is 472 g/mol. The first-order valence-corrected chi connectivity index (χ1v) is 13.9. The van der Waals surface area contributed by atoms with Gasteiger partial charge in [-0.15, -0.1) is 0 Å². The molecule has 0 aromatic heterocycles. The average molecular weight is 473 g/mol. The van der Waals surface area contributed by atoms with Crippen molar-refractivity contribution in [3.05, 3.63) is 11.6 Å². The van der Waals surface area contributed by atoms with Crippen LogP contribution in [0.25, 0.3) is 0 Å². The second-order valence-electron chi connectivity index (χ2n) is 15.1. The fraction of sp³-hybridized carbons (Fsp3) is 0.900. The molecular formula is C30H48O4. The van der Waals surface area contributed by atoms with Crippen LogP contribution in [0.15, 0.2) is 11.6 Å². The molecule has 5 rings (SSSR count). The molecule has 0 aromatic rings. The van der Waals surface area contributed by atoms with Gasteiger partial charge in [0.2, 0.25) is 0 Å². The third-order valence-electron chi connectivity index (χ3n) is 13.1. The second-order valence-corrected chi connectivity index (χ2v) is 15.1. The summed E-state index contributed by atoms with van der Waals surface area (Å²) in [7, 11) is 0. The number of aliphatic hydroxyl groups excluding tert-OH is 2. The van der Waals surface area contributed by atoms with E-state index < -0.39 is 22.9 Å². The largest absolute Gasteiger partial charge is 0.481 e. The number of aliphatic hydroxyl groups is 2. The summed E-state index contributed by atoms with van der Waals surface area (Å²) in [4.78, 5) is 12.8. The predicted molar refractivity (Wildman–Crippen MR) is 134 cm³/mol. The summed E-state index contributed by atoms with van der Waals surface area (Å²) < 4.78 is 0. The van der Waals surface area contributed by atoms with Gasteiger partial charge in [0, 0.05) is 5.41 Å². The standard InChI is InChI=1S/C30H48O4/c1-25(2)14-15-30(24(33)34)17-23(32)29(7)18(19(30)16-25)8-9-21-27(5)12-11-22(31)26(3,4)20(27)10-13-28(21,29)6/h8,19-23,31-32H,9-17H2,1-7H3,(H,33,34)/t19-,20-,21+,22-,23+,27-,28+,29-,30-/m0/s1. The average Bonchev–Trinajstić information content (AvgIpc) is 2.72. The second kappa shape index (κ2) is 7.12. The van der Waals surface area contributed by atoms with Gasteiger partial charge in [-0.2, -0.15) is 0 Å². The molecule has 0 heterocycles. The number of aliphatic carboxylic acids is 1. The lowest BCUT2D eigenvalue weighted by atomic mass is 9.33. The number of hydrogen-bond acceptors (Lipinski definition) is 3. The lowest BCUT2D eigenvalue weighted by Gasteiger charge is -2.72. The Balaban J connectivity index is 1.64. The number of carbonyl (C=O) groups is 1. The molecule has 5 aliphatic carbocycles. The molecular weight excluding hydrogens is 424 g/mol. The molecule has 192 valence electrons. The van der Waals surface area contributed by atoms with Gasteiger partial charge in [-0.25, -0.2) is 0 Å². The summed E-state index contributed by atoms with van der Waals surface area (Å²) in [5.74, 6) is 0.201. The quantitative estimate of drug-likeness (QED) is 0.397. The molecule has 3 N–H and O–H groups in total. The van der Waals surface area contributed by atoms with Crippen LogP contribution in [-0.4, -0.2) is 33.5 Å². The number of carboxylic acids is 1. The zero-order valence-electron chi connectivity index (χ0n) is 22.6. The van der Waals surface area contributed by atoms with Crippen molar-refractivity contribution in [2.75, 3.05) is 0 Å². The van der Waals surface area contributed by atoms with Crippen molar-refractivity contribution in [2.45, 2.75) is 118 Å². The van der Waals surface area contributed by atoms with Gasteiger partial charge in [0.25, 0.3) is 0 Å². The molecule has 0 unspecified atom stereocenters. The maximum absolute atomic E-state index is 12.8.